The van der Waals surface area contributed by atoms with Crippen LogP contribution in [0.15, 0.2) is 70.3 Å². The minimum atomic E-state index is 0.218. The first kappa shape index (κ1) is 21.6. The highest BCUT2D eigenvalue weighted by molar-refractivity contribution is 5.79. The lowest BCUT2D eigenvalue weighted by Gasteiger charge is -2.11. The molecule has 0 radical (unpaired) electrons. The van der Waals surface area contributed by atoms with Gasteiger partial charge in [-0.05, 0) is 44.0 Å². The molecule has 0 aliphatic rings. The van der Waals surface area contributed by atoms with Crippen LogP contribution in [0.3, 0.4) is 0 Å². The number of guanidine groups is 1. The second-order valence-corrected chi connectivity index (χ2v) is 7.24. The molecule has 0 aliphatic carbocycles. The number of aliphatic imine (C=N–C) groups is 1. The number of benzene rings is 2. The van der Waals surface area contributed by atoms with Gasteiger partial charge in [-0.3, -0.25) is 0 Å². The summed E-state index contributed by atoms with van der Waals surface area (Å²) in [6.45, 7) is 8.64. The third kappa shape index (κ3) is 6.74. The largest absolute Gasteiger partial charge is 0.444 e. The van der Waals surface area contributed by atoms with Gasteiger partial charge >= 0.3 is 0 Å². The van der Waals surface area contributed by atoms with Crippen LogP contribution in [0.5, 0.6) is 0 Å². The molecule has 1 aromatic heterocycles. The molecule has 158 valence electrons. The molecule has 0 atom stereocenters. The molecule has 30 heavy (non-hydrogen) atoms. The lowest BCUT2D eigenvalue weighted by atomic mass is 10.1. The van der Waals surface area contributed by atoms with E-state index in [0.717, 1.165) is 34.9 Å². The van der Waals surface area contributed by atoms with Gasteiger partial charge in [-0.25, -0.2) is 9.98 Å². The number of hydrogen-bond donors (Lipinski definition) is 2. The molecule has 1 heterocycles. The molecule has 3 rings (SSSR count). The Morgan fingerprint density at radius 2 is 1.87 bits per heavy atom. The smallest absolute Gasteiger partial charge is 0.226 e. The minimum absolute atomic E-state index is 0.218. The zero-order chi connectivity index (χ0) is 21.2. The van der Waals surface area contributed by atoms with Crippen molar-refractivity contribution in [2.75, 3.05) is 6.54 Å². The highest BCUT2D eigenvalue weighted by Gasteiger charge is 2.07. The van der Waals surface area contributed by atoms with Crippen LogP contribution < -0.4 is 10.6 Å². The summed E-state index contributed by atoms with van der Waals surface area (Å²) in [6.07, 6.45) is 1.90. The summed E-state index contributed by atoms with van der Waals surface area (Å²) in [5, 5.41) is 6.59. The number of nitrogens with one attached hydrogen (secondary N) is 2. The lowest BCUT2D eigenvalue weighted by molar-refractivity contribution is 0.0657. The van der Waals surface area contributed by atoms with E-state index in [1.54, 1.807) is 6.26 Å². The van der Waals surface area contributed by atoms with Crippen molar-refractivity contribution in [1.29, 1.82) is 0 Å². The molecule has 0 amide bonds. The maximum atomic E-state index is 5.69. The first-order valence-corrected chi connectivity index (χ1v) is 10.4. The van der Waals surface area contributed by atoms with Crippen molar-refractivity contribution >= 4 is 5.96 Å². The van der Waals surface area contributed by atoms with Gasteiger partial charge in [0, 0.05) is 12.1 Å². The van der Waals surface area contributed by atoms with Crippen molar-refractivity contribution in [3.8, 4) is 11.5 Å². The molecule has 0 aliphatic heterocycles. The van der Waals surface area contributed by atoms with Crippen LogP contribution in [-0.4, -0.2) is 23.6 Å². The van der Waals surface area contributed by atoms with Crippen LogP contribution in [0.25, 0.3) is 11.5 Å². The summed E-state index contributed by atoms with van der Waals surface area (Å²) < 4.78 is 11.3. The molecule has 0 saturated heterocycles. The summed E-state index contributed by atoms with van der Waals surface area (Å²) in [5.41, 5.74) is 4.09. The van der Waals surface area contributed by atoms with E-state index < -0.39 is 0 Å². The number of rotatable bonds is 9. The molecule has 0 unspecified atom stereocenters. The van der Waals surface area contributed by atoms with Gasteiger partial charge in [-0.15, -0.1) is 0 Å². The topological polar surface area (TPSA) is 71.7 Å². The molecule has 0 spiro atoms. The quantitative estimate of drug-likeness (QED) is 0.404. The predicted octanol–water partition coefficient (Wildman–Crippen LogP) is 4.52. The van der Waals surface area contributed by atoms with Gasteiger partial charge in [0.1, 0.15) is 6.26 Å². The molecule has 6 nitrogen and oxygen atoms in total. The van der Waals surface area contributed by atoms with E-state index in [9.17, 15) is 0 Å². The first-order valence-electron chi connectivity index (χ1n) is 10.4. The second-order valence-electron chi connectivity index (χ2n) is 7.24. The molecule has 0 fully saturated rings. The highest BCUT2D eigenvalue weighted by Crippen LogP contribution is 2.17. The third-order valence-corrected chi connectivity index (χ3v) is 4.35. The Labute approximate surface area is 178 Å². The zero-order valence-electron chi connectivity index (χ0n) is 17.9. The van der Waals surface area contributed by atoms with Crippen LogP contribution in [0.1, 0.15) is 37.6 Å². The fourth-order valence-corrected chi connectivity index (χ4v) is 2.87. The molecule has 0 bridgehead atoms. The predicted molar refractivity (Wildman–Crippen MR) is 120 cm³/mol. The van der Waals surface area contributed by atoms with Gasteiger partial charge in [0.25, 0.3) is 0 Å². The van der Waals surface area contributed by atoms with E-state index in [0.29, 0.717) is 25.6 Å². The Kier molecular flexibility index (Phi) is 8.03. The summed E-state index contributed by atoms with van der Waals surface area (Å²) in [7, 11) is 0. The fourth-order valence-electron chi connectivity index (χ4n) is 2.87. The van der Waals surface area contributed by atoms with Crippen molar-refractivity contribution in [1.82, 2.24) is 15.6 Å². The molecular weight excluding hydrogens is 376 g/mol. The minimum Gasteiger partial charge on any atom is -0.444 e. The second kappa shape index (κ2) is 11.2. The van der Waals surface area contributed by atoms with E-state index in [1.807, 2.05) is 57.2 Å². The molecular formula is C24H30N4O2. The van der Waals surface area contributed by atoms with Crippen molar-refractivity contribution in [3.05, 3.63) is 77.7 Å². The number of ether oxygens (including phenoxy) is 1. The highest BCUT2D eigenvalue weighted by atomic mass is 16.5. The first-order chi connectivity index (χ1) is 14.6. The summed E-state index contributed by atoms with van der Waals surface area (Å²) in [6, 6.07) is 18.2. The maximum Gasteiger partial charge on any atom is 0.226 e. The van der Waals surface area contributed by atoms with Crippen molar-refractivity contribution in [2.24, 2.45) is 4.99 Å². The van der Waals surface area contributed by atoms with Gasteiger partial charge < -0.3 is 19.8 Å². The zero-order valence-corrected chi connectivity index (χ0v) is 17.9. The van der Waals surface area contributed by atoms with E-state index >= 15 is 0 Å². The number of aromatic nitrogens is 1. The van der Waals surface area contributed by atoms with Crippen LogP contribution in [0, 0.1) is 0 Å². The molecule has 0 saturated carbocycles. The molecule has 3 aromatic rings. The standard InChI is InChI=1S/C24H30N4O2/c1-4-25-24(26-14-19-9-8-10-20(13-19)16-29-18(2)3)27-15-22-17-30-23(28-22)21-11-6-5-7-12-21/h5-13,17-18H,4,14-16H2,1-3H3,(H2,25,26,27). The molecule has 6 heteroatoms. The lowest BCUT2D eigenvalue weighted by Crippen LogP contribution is -2.36. The van der Waals surface area contributed by atoms with Crippen molar-refractivity contribution in [3.63, 3.8) is 0 Å². The average molecular weight is 407 g/mol. The van der Waals surface area contributed by atoms with Gasteiger partial charge in [0.15, 0.2) is 5.96 Å². The summed E-state index contributed by atoms with van der Waals surface area (Å²) in [4.78, 5) is 9.25. The average Bonchev–Trinajstić information content (AvgIpc) is 3.24. The normalized spacial score (nSPS) is 11.7. The van der Waals surface area contributed by atoms with Gasteiger partial charge in [-0.2, -0.15) is 0 Å². The Balaban J connectivity index is 1.59. The van der Waals surface area contributed by atoms with Gasteiger partial charge in [0.05, 0.1) is 31.5 Å². The van der Waals surface area contributed by atoms with Crippen LogP contribution in [-0.2, 0) is 24.4 Å². The summed E-state index contributed by atoms with van der Waals surface area (Å²) in [5.74, 6) is 1.36. The van der Waals surface area contributed by atoms with Crippen molar-refractivity contribution < 1.29 is 9.15 Å². The van der Waals surface area contributed by atoms with Crippen LogP contribution in [0.4, 0.5) is 0 Å². The summed E-state index contributed by atoms with van der Waals surface area (Å²) >= 11 is 0. The Morgan fingerprint density at radius 1 is 1.07 bits per heavy atom. The fraction of sp³-hybridized carbons (Fsp3) is 0.333. The van der Waals surface area contributed by atoms with E-state index in [1.165, 1.54) is 0 Å². The van der Waals surface area contributed by atoms with Crippen molar-refractivity contribution in [2.45, 2.75) is 46.6 Å². The Morgan fingerprint density at radius 3 is 2.63 bits per heavy atom. The number of oxazole rings is 1. The van der Waals surface area contributed by atoms with E-state index in [-0.39, 0.29) is 6.10 Å². The number of nitrogens with zero attached hydrogens (tertiary/aromatic N) is 2. The monoisotopic (exact) mass is 406 g/mol. The Bertz CT molecular complexity index is 935. The van der Waals surface area contributed by atoms with Crippen LogP contribution in [0.2, 0.25) is 0 Å². The van der Waals surface area contributed by atoms with E-state index in [2.05, 4.69) is 33.8 Å². The SMILES string of the molecule is CCNC(=NCc1cccc(COC(C)C)c1)NCc1coc(-c2ccccc2)n1. The third-order valence-electron chi connectivity index (χ3n) is 4.35. The van der Waals surface area contributed by atoms with Gasteiger partial charge in [0.2, 0.25) is 5.89 Å². The Hall–Kier alpha value is -3.12. The van der Waals surface area contributed by atoms with Gasteiger partial charge in [-0.1, -0.05) is 42.5 Å². The molecule has 2 aromatic carbocycles. The molecule has 2 N–H and O–H groups in total. The van der Waals surface area contributed by atoms with E-state index in [4.69, 9.17) is 14.1 Å². The van der Waals surface area contributed by atoms with Crippen LogP contribution >= 0.6 is 0 Å². The maximum absolute atomic E-state index is 5.69. The number of hydrogen-bond acceptors (Lipinski definition) is 4.